The van der Waals surface area contributed by atoms with Crippen LogP contribution in [0.4, 0.5) is 11.4 Å². The van der Waals surface area contributed by atoms with Crippen LogP contribution in [-0.4, -0.2) is 40.3 Å². The molecular weight excluding hydrogens is 366 g/mol. The van der Waals surface area contributed by atoms with E-state index in [4.69, 9.17) is 0 Å². The molecule has 2 fully saturated rings. The molecular formula is C22H23N5O2. The van der Waals surface area contributed by atoms with Gasteiger partial charge in [0, 0.05) is 36.7 Å². The van der Waals surface area contributed by atoms with Crippen LogP contribution in [0, 0.1) is 0 Å². The van der Waals surface area contributed by atoms with Crippen molar-refractivity contribution in [1.29, 1.82) is 0 Å². The van der Waals surface area contributed by atoms with E-state index in [1.54, 1.807) is 16.7 Å². The molecule has 5 rings (SSSR count). The second kappa shape index (κ2) is 7.24. The minimum Gasteiger partial charge on any atom is -0.372 e. The summed E-state index contributed by atoms with van der Waals surface area (Å²) in [5.74, 6) is -0.335. The summed E-state index contributed by atoms with van der Waals surface area (Å²) in [6, 6.07) is 13.6. The van der Waals surface area contributed by atoms with E-state index in [1.807, 2.05) is 36.4 Å². The number of hydrogen-bond acceptors (Lipinski definition) is 4. The van der Waals surface area contributed by atoms with Crippen LogP contribution >= 0.6 is 0 Å². The van der Waals surface area contributed by atoms with E-state index in [9.17, 15) is 9.59 Å². The van der Waals surface area contributed by atoms with Crippen molar-refractivity contribution in [2.24, 2.45) is 0 Å². The van der Waals surface area contributed by atoms with Crippen LogP contribution < -0.4 is 15.5 Å². The predicted molar refractivity (Wildman–Crippen MR) is 112 cm³/mol. The van der Waals surface area contributed by atoms with E-state index in [2.05, 4.69) is 20.5 Å². The van der Waals surface area contributed by atoms with Crippen LogP contribution in [0.15, 0.2) is 48.7 Å². The van der Waals surface area contributed by atoms with Gasteiger partial charge in [-0.1, -0.05) is 6.07 Å². The lowest BCUT2D eigenvalue weighted by atomic mass is 10.2. The Bertz CT molecular complexity index is 1060. The molecule has 2 aromatic heterocycles. The first-order valence-electron chi connectivity index (χ1n) is 10.1. The summed E-state index contributed by atoms with van der Waals surface area (Å²) in [4.78, 5) is 32.2. The molecule has 7 nitrogen and oxygen atoms in total. The first-order chi connectivity index (χ1) is 14.2. The van der Waals surface area contributed by atoms with Crippen molar-refractivity contribution in [3.8, 4) is 0 Å². The zero-order chi connectivity index (χ0) is 19.8. The summed E-state index contributed by atoms with van der Waals surface area (Å²) in [6.07, 6.45) is 6.20. The number of aromatic nitrogens is 2. The summed E-state index contributed by atoms with van der Waals surface area (Å²) in [6.45, 7) is 2.16. The van der Waals surface area contributed by atoms with E-state index >= 15 is 0 Å². The molecule has 2 N–H and O–H groups in total. The summed E-state index contributed by atoms with van der Waals surface area (Å²) in [7, 11) is 0. The Labute approximate surface area is 168 Å². The van der Waals surface area contributed by atoms with Crippen LogP contribution in [0.3, 0.4) is 0 Å². The maximum atomic E-state index is 12.9. The highest BCUT2D eigenvalue weighted by atomic mass is 16.2. The first kappa shape index (κ1) is 17.7. The highest BCUT2D eigenvalue weighted by molar-refractivity contribution is 6.09. The molecule has 0 atom stereocenters. The topological polar surface area (TPSA) is 78.7 Å². The molecule has 3 heterocycles. The Kier molecular flexibility index (Phi) is 4.42. The van der Waals surface area contributed by atoms with Crippen molar-refractivity contribution in [3.63, 3.8) is 0 Å². The molecule has 1 saturated heterocycles. The van der Waals surface area contributed by atoms with E-state index in [1.165, 1.54) is 18.5 Å². The third-order valence-corrected chi connectivity index (χ3v) is 5.48. The Morgan fingerprint density at radius 2 is 1.72 bits per heavy atom. The van der Waals surface area contributed by atoms with E-state index < -0.39 is 0 Å². The number of carbonyl (C=O) groups excluding carboxylic acids is 2. The number of rotatable bonds is 5. The number of fused-ring (bicyclic) bond motifs is 1. The lowest BCUT2D eigenvalue weighted by Gasteiger charge is -2.17. The van der Waals surface area contributed by atoms with Crippen LogP contribution in [-0.2, 0) is 0 Å². The van der Waals surface area contributed by atoms with Gasteiger partial charge in [0.25, 0.3) is 11.8 Å². The lowest BCUT2D eigenvalue weighted by molar-refractivity contribution is 0.0940. The van der Waals surface area contributed by atoms with Crippen molar-refractivity contribution < 1.29 is 9.59 Å². The molecule has 7 heteroatoms. The van der Waals surface area contributed by atoms with Gasteiger partial charge in [-0.05, 0) is 62.1 Å². The number of nitrogens with one attached hydrogen (secondary N) is 2. The Balaban J connectivity index is 1.38. The average molecular weight is 389 g/mol. The third kappa shape index (κ3) is 3.55. The summed E-state index contributed by atoms with van der Waals surface area (Å²) < 4.78 is 1.67. The van der Waals surface area contributed by atoms with Crippen molar-refractivity contribution in [2.45, 2.75) is 31.7 Å². The van der Waals surface area contributed by atoms with Gasteiger partial charge in [0.1, 0.15) is 0 Å². The van der Waals surface area contributed by atoms with E-state index in [-0.39, 0.29) is 29.4 Å². The molecule has 3 aromatic rings. The molecule has 0 unspecified atom stereocenters. The quantitative estimate of drug-likeness (QED) is 0.703. The maximum Gasteiger partial charge on any atom is 0.287 e. The van der Waals surface area contributed by atoms with Crippen molar-refractivity contribution >= 4 is 28.7 Å². The van der Waals surface area contributed by atoms with E-state index in [0.29, 0.717) is 11.2 Å². The molecule has 2 amide bonds. The number of hydrogen-bond donors (Lipinski definition) is 2. The number of amides is 2. The molecule has 1 aliphatic heterocycles. The van der Waals surface area contributed by atoms with Gasteiger partial charge in [-0.25, -0.2) is 4.98 Å². The van der Waals surface area contributed by atoms with Gasteiger partial charge in [-0.15, -0.1) is 0 Å². The van der Waals surface area contributed by atoms with Gasteiger partial charge in [-0.2, -0.15) is 0 Å². The zero-order valence-corrected chi connectivity index (χ0v) is 16.1. The zero-order valence-electron chi connectivity index (χ0n) is 16.1. The molecule has 1 aliphatic carbocycles. The second-order valence-electron chi connectivity index (χ2n) is 7.68. The number of imidazole rings is 1. The number of nitrogens with zero attached hydrogens (tertiary/aromatic N) is 3. The fourth-order valence-corrected chi connectivity index (χ4v) is 3.76. The van der Waals surface area contributed by atoms with E-state index in [0.717, 1.165) is 25.9 Å². The van der Waals surface area contributed by atoms with Gasteiger partial charge in [0.2, 0.25) is 5.82 Å². The Morgan fingerprint density at radius 1 is 0.966 bits per heavy atom. The van der Waals surface area contributed by atoms with Crippen LogP contribution in [0.2, 0.25) is 0 Å². The minimum absolute atomic E-state index is 0.227. The van der Waals surface area contributed by atoms with Gasteiger partial charge in [0.05, 0.1) is 5.52 Å². The van der Waals surface area contributed by atoms with Gasteiger partial charge in [0.15, 0.2) is 5.69 Å². The monoisotopic (exact) mass is 389 g/mol. The smallest absolute Gasteiger partial charge is 0.287 e. The van der Waals surface area contributed by atoms with Crippen molar-refractivity contribution in [2.75, 3.05) is 23.3 Å². The van der Waals surface area contributed by atoms with Gasteiger partial charge in [-0.3, -0.25) is 14.0 Å². The molecule has 0 spiro atoms. The standard InChI is InChI=1S/C22H23N5O2/c28-21(23-16-8-10-17(11-9-16)26-12-3-4-13-26)19-18-5-1-2-14-27(18)20(25-19)22(29)24-15-6-7-15/h1-2,5,8-11,14-15H,3-4,6-7,12-13H2,(H,23,28)(H,24,29). The van der Waals surface area contributed by atoms with Crippen LogP contribution in [0.1, 0.15) is 46.8 Å². The number of benzene rings is 1. The first-order valence-corrected chi connectivity index (χ1v) is 10.1. The molecule has 2 aliphatic rings. The highest BCUT2D eigenvalue weighted by Crippen LogP contribution is 2.23. The fourth-order valence-electron chi connectivity index (χ4n) is 3.76. The molecule has 29 heavy (non-hydrogen) atoms. The second-order valence-corrected chi connectivity index (χ2v) is 7.68. The molecule has 1 aromatic carbocycles. The maximum absolute atomic E-state index is 12.9. The average Bonchev–Trinajstić information content (AvgIpc) is 3.24. The van der Waals surface area contributed by atoms with Crippen LogP contribution in [0.5, 0.6) is 0 Å². The molecule has 1 saturated carbocycles. The van der Waals surface area contributed by atoms with Gasteiger partial charge < -0.3 is 15.5 Å². The number of pyridine rings is 1. The third-order valence-electron chi connectivity index (χ3n) is 5.48. The Hall–Kier alpha value is -3.35. The van der Waals surface area contributed by atoms with Crippen molar-refractivity contribution in [3.05, 3.63) is 60.2 Å². The largest absolute Gasteiger partial charge is 0.372 e. The van der Waals surface area contributed by atoms with Crippen molar-refractivity contribution in [1.82, 2.24) is 14.7 Å². The summed E-state index contributed by atoms with van der Waals surface area (Å²) in [5.41, 5.74) is 2.74. The minimum atomic E-state index is -0.326. The summed E-state index contributed by atoms with van der Waals surface area (Å²) in [5, 5.41) is 5.85. The molecule has 148 valence electrons. The van der Waals surface area contributed by atoms with Gasteiger partial charge >= 0.3 is 0 Å². The normalized spacial score (nSPS) is 16.2. The lowest BCUT2D eigenvalue weighted by Crippen LogP contribution is -2.27. The predicted octanol–water partition coefficient (Wildman–Crippen LogP) is 3.08. The highest BCUT2D eigenvalue weighted by Gasteiger charge is 2.27. The van der Waals surface area contributed by atoms with Crippen LogP contribution in [0.25, 0.3) is 5.52 Å². The SMILES string of the molecule is O=C(Nc1ccc(N2CCCC2)cc1)c1nc(C(=O)NC2CC2)n2ccccc12. The molecule has 0 radical (unpaired) electrons. The number of anilines is 2. The summed E-state index contributed by atoms with van der Waals surface area (Å²) >= 11 is 0. The molecule has 0 bridgehead atoms. The number of carbonyl (C=O) groups is 2. The Morgan fingerprint density at radius 3 is 2.45 bits per heavy atom. The fraction of sp³-hybridized carbons (Fsp3) is 0.318.